The minimum atomic E-state index is -4.77. The summed E-state index contributed by atoms with van der Waals surface area (Å²) in [6.07, 6.45) is 56.9. The van der Waals surface area contributed by atoms with E-state index in [1.165, 1.54) is 44.9 Å². The fourth-order valence-electron chi connectivity index (χ4n) is 6.62. The van der Waals surface area contributed by atoms with Gasteiger partial charge >= 0.3 is 25.7 Å². The smallest absolute Gasteiger partial charge is 0.462 e. The lowest BCUT2D eigenvalue weighted by atomic mass is 10.1. The molecule has 0 aromatic carbocycles. The monoisotopic (exact) mass is 973 g/mol. The van der Waals surface area contributed by atoms with E-state index in [2.05, 4.69) is 93.7 Å². The lowest BCUT2D eigenvalue weighted by Gasteiger charge is -2.21. The van der Waals surface area contributed by atoms with Gasteiger partial charge in [0.1, 0.15) is 12.7 Å². The number of phosphoric acid groups is 1. The molecule has 3 atom stereocenters. The van der Waals surface area contributed by atoms with Crippen molar-refractivity contribution in [3.8, 4) is 0 Å². The zero-order valence-corrected chi connectivity index (χ0v) is 43.4. The molecular formula is C56H93O11P. The fourth-order valence-corrected chi connectivity index (χ4v) is 7.41. The van der Waals surface area contributed by atoms with Crippen LogP contribution < -0.4 is 0 Å². The second-order valence-electron chi connectivity index (χ2n) is 16.9. The summed E-state index contributed by atoms with van der Waals surface area (Å²) in [6, 6.07) is 0. The van der Waals surface area contributed by atoms with E-state index < -0.39 is 57.8 Å². The van der Waals surface area contributed by atoms with Gasteiger partial charge in [-0.25, -0.2) is 4.57 Å². The van der Waals surface area contributed by atoms with E-state index in [4.69, 9.17) is 23.3 Å². The van der Waals surface area contributed by atoms with Gasteiger partial charge in [-0.15, -0.1) is 0 Å². The molecule has 0 aliphatic carbocycles. The van der Waals surface area contributed by atoms with Crippen molar-refractivity contribution in [3.63, 3.8) is 0 Å². The molecule has 0 saturated heterocycles. The first kappa shape index (κ1) is 64.4. The Morgan fingerprint density at radius 1 is 0.441 bits per heavy atom. The van der Waals surface area contributed by atoms with Crippen LogP contribution in [-0.2, 0) is 42.2 Å². The van der Waals surface area contributed by atoms with Crippen molar-refractivity contribution >= 4 is 25.7 Å². The van der Waals surface area contributed by atoms with E-state index in [9.17, 15) is 28.9 Å². The maximum Gasteiger partial charge on any atom is 0.472 e. The number of hydrogen-bond donors (Lipinski definition) is 2. The number of hydrogen-bond acceptors (Lipinski definition) is 10. The Balaban J connectivity index is 4.90. The standard InChI is InChI=1S/C56H93O11P/c1-4-7-10-13-16-19-22-24-26-28-31-33-36-39-42-45-54(58)63-49-53(67-56(60)47-44-41-38-35-32-29-27-25-23-20-17-14-11-8-5-2)51-65-68(61,62)64-50-52(48-57)66-55(59)46-43-40-37-34-30-21-18-15-12-9-6-3/h7-8,10-11,16-17,19-20,24-27,32,35,41,44,52-53,57H,4-6,9,12-15,18,21-23,28-31,33-34,36-40,42-43,45-51H2,1-3H3,(H,61,62)/b10-7-,11-8-,19-16-,20-17-,26-24-,27-25-,35-32-,44-41-. The molecular weight excluding hydrogens is 880 g/mol. The van der Waals surface area contributed by atoms with Gasteiger partial charge in [-0.2, -0.15) is 0 Å². The van der Waals surface area contributed by atoms with Crippen LogP contribution in [0.25, 0.3) is 0 Å². The average molecular weight is 973 g/mol. The summed E-state index contributed by atoms with van der Waals surface area (Å²) in [7, 11) is -4.77. The summed E-state index contributed by atoms with van der Waals surface area (Å²) in [4.78, 5) is 48.2. The normalized spacial score (nSPS) is 14.2. The molecule has 0 aliphatic rings. The number of unbranched alkanes of at least 4 members (excludes halogenated alkanes) is 15. The van der Waals surface area contributed by atoms with Crippen molar-refractivity contribution < 1.29 is 52.2 Å². The maximum atomic E-state index is 12.8. The molecule has 12 heteroatoms. The summed E-state index contributed by atoms with van der Waals surface area (Å²) in [6.45, 7) is 4.25. The van der Waals surface area contributed by atoms with Crippen LogP contribution in [0.15, 0.2) is 97.2 Å². The van der Waals surface area contributed by atoms with Crippen LogP contribution in [0.2, 0.25) is 0 Å². The van der Waals surface area contributed by atoms with Gasteiger partial charge in [0.25, 0.3) is 0 Å². The van der Waals surface area contributed by atoms with Gasteiger partial charge in [-0.05, 0) is 77.0 Å². The number of esters is 3. The summed E-state index contributed by atoms with van der Waals surface area (Å²) in [5.74, 6) is -1.65. The van der Waals surface area contributed by atoms with Crippen LogP contribution in [0.1, 0.15) is 201 Å². The van der Waals surface area contributed by atoms with Crippen molar-refractivity contribution in [1.82, 2.24) is 0 Å². The van der Waals surface area contributed by atoms with Crippen molar-refractivity contribution in [1.29, 1.82) is 0 Å². The van der Waals surface area contributed by atoms with Crippen molar-refractivity contribution in [2.24, 2.45) is 0 Å². The molecule has 0 aromatic heterocycles. The van der Waals surface area contributed by atoms with E-state index in [1.54, 1.807) is 6.08 Å². The number of carbonyl (C=O) groups excluding carboxylic acids is 3. The average Bonchev–Trinajstić information content (AvgIpc) is 3.32. The Hall–Kier alpha value is -3.60. The predicted octanol–water partition coefficient (Wildman–Crippen LogP) is 14.9. The van der Waals surface area contributed by atoms with Gasteiger partial charge in [-0.1, -0.05) is 201 Å². The third-order valence-electron chi connectivity index (χ3n) is 10.5. The number of aliphatic hydroxyl groups is 1. The molecule has 0 spiro atoms. The molecule has 0 heterocycles. The van der Waals surface area contributed by atoms with Crippen LogP contribution in [0, 0.1) is 0 Å². The molecule has 3 unspecified atom stereocenters. The Morgan fingerprint density at radius 2 is 0.824 bits per heavy atom. The quantitative estimate of drug-likeness (QED) is 0.0197. The molecule has 0 fully saturated rings. The lowest BCUT2D eigenvalue weighted by molar-refractivity contribution is -0.160. The van der Waals surface area contributed by atoms with E-state index in [0.717, 1.165) is 96.3 Å². The number of allylic oxidation sites excluding steroid dienone is 15. The van der Waals surface area contributed by atoms with Crippen LogP contribution in [0.4, 0.5) is 0 Å². The summed E-state index contributed by atoms with van der Waals surface area (Å²) >= 11 is 0. The lowest BCUT2D eigenvalue weighted by Crippen LogP contribution is -2.30. The minimum absolute atomic E-state index is 0.0717. The Labute approximate surface area is 412 Å². The summed E-state index contributed by atoms with van der Waals surface area (Å²) in [5.41, 5.74) is 0. The number of ether oxygens (including phenoxy) is 3. The molecule has 0 amide bonds. The van der Waals surface area contributed by atoms with Gasteiger partial charge in [0.05, 0.1) is 26.2 Å². The summed E-state index contributed by atoms with van der Waals surface area (Å²) in [5, 5.41) is 9.76. The predicted molar refractivity (Wildman–Crippen MR) is 279 cm³/mol. The zero-order valence-electron chi connectivity index (χ0n) is 42.5. The van der Waals surface area contributed by atoms with Gasteiger partial charge < -0.3 is 24.2 Å². The van der Waals surface area contributed by atoms with E-state index in [0.29, 0.717) is 19.3 Å². The topological polar surface area (TPSA) is 155 Å². The second kappa shape index (κ2) is 49.8. The first-order chi connectivity index (χ1) is 33.2. The molecule has 0 rings (SSSR count). The van der Waals surface area contributed by atoms with Gasteiger partial charge in [0.2, 0.25) is 0 Å². The number of carbonyl (C=O) groups is 3. The molecule has 11 nitrogen and oxygen atoms in total. The van der Waals surface area contributed by atoms with Crippen molar-refractivity contribution in [2.45, 2.75) is 213 Å². The zero-order chi connectivity index (χ0) is 49.9. The number of aliphatic hydroxyl groups excluding tert-OH is 1. The highest BCUT2D eigenvalue weighted by Gasteiger charge is 2.28. The first-order valence-corrected chi connectivity index (χ1v) is 27.6. The molecule has 68 heavy (non-hydrogen) atoms. The highest BCUT2D eigenvalue weighted by Crippen LogP contribution is 2.43. The van der Waals surface area contributed by atoms with Crippen molar-refractivity contribution in [3.05, 3.63) is 97.2 Å². The molecule has 0 radical (unpaired) electrons. The maximum absolute atomic E-state index is 12.8. The van der Waals surface area contributed by atoms with E-state index in [1.807, 2.05) is 18.2 Å². The Kier molecular flexibility index (Phi) is 47.2. The third kappa shape index (κ3) is 47.5. The van der Waals surface area contributed by atoms with Gasteiger partial charge in [-0.3, -0.25) is 23.4 Å². The molecule has 0 aliphatic heterocycles. The summed E-state index contributed by atoms with van der Waals surface area (Å²) < 4.78 is 39.2. The molecule has 0 saturated carbocycles. The van der Waals surface area contributed by atoms with E-state index >= 15 is 0 Å². The van der Waals surface area contributed by atoms with E-state index in [-0.39, 0.29) is 25.9 Å². The van der Waals surface area contributed by atoms with Crippen LogP contribution >= 0.6 is 7.82 Å². The van der Waals surface area contributed by atoms with Crippen LogP contribution in [0.5, 0.6) is 0 Å². The first-order valence-electron chi connectivity index (χ1n) is 26.1. The van der Waals surface area contributed by atoms with Crippen LogP contribution in [0.3, 0.4) is 0 Å². The van der Waals surface area contributed by atoms with Crippen molar-refractivity contribution in [2.75, 3.05) is 26.4 Å². The molecule has 0 bridgehead atoms. The minimum Gasteiger partial charge on any atom is -0.462 e. The van der Waals surface area contributed by atoms with Gasteiger partial charge in [0, 0.05) is 12.8 Å². The SMILES string of the molecule is CC/C=C\C/C=C\C/C=C\C/C=C\C/C=C\CC(=O)OC(COC(=O)CCCCCCC/C=C\C/C=C\C/C=C\CC)COP(=O)(O)OCC(CO)OC(=O)CCCCCCCCCCCCC. The number of phosphoric ester groups is 1. The van der Waals surface area contributed by atoms with Crippen LogP contribution in [-0.4, -0.2) is 66.5 Å². The number of rotatable bonds is 47. The highest BCUT2D eigenvalue weighted by atomic mass is 31.2. The Bertz CT molecular complexity index is 1510. The largest absolute Gasteiger partial charge is 0.472 e. The third-order valence-corrected chi connectivity index (χ3v) is 11.5. The fraction of sp³-hybridized carbons (Fsp3) is 0.661. The Morgan fingerprint density at radius 3 is 1.29 bits per heavy atom. The highest BCUT2D eigenvalue weighted by molar-refractivity contribution is 7.47. The molecule has 2 N–H and O–H groups in total. The van der Waals surface area contributed by atoms with Gasteiger partial charge in [0.15, 0.2) is 6.10 Å². The molecule has 0 aromatic rings. The second-order valence-corrected chi connectivity index (χ2v) is 18.4. The molecule has 388 valence electrons.